The summed E-state index contributed by atoms with van der Waals surface area (Å²) in [5, 5.41) is 5.89. The molecule has 8 heteroatoms. The van der Waals surface area contributed by atoms with Crippen LogP contribution in [0.5, 0.6) is 0 Å². The number of nitrogens with two attached hydrogens (primary N) is 1. The zero-order valence-corrected chi connectivity index (χ0v) is 19.3. The first kappa shape index (κ1) is 22.7. The Morgan fingerprint density at radius 3 is 2.50 bits per heavy atom. The van der Waals surface area contributed by atoms with E-state index in [9.17, 15) is 8.78 Å². The molecule has 0 aliphatic carbocycles. The number of hydrogen-bond acceptors (Lipinski definition) is 5. The average molecular weight is 460 g/mol. The van der Waals surface area contributed by atoms with E-state index in [-0.39, 0.29) is 12.1 Å². The predicted molar refractivity (Wildman–Crippen MR) is 126 cm³/mol. The van der Waals surface area contributed by atoms with E-state index in [4.69, 9.17) is 17.3 Å². The van der Waals surface area contributed by atoms with Gasteiger partial charge in [0.05, 0.1) is 11.7 Å². The summed E-state index contributed by atoms with van der Waals surface area (Å²) < 4.78 is 27.7. The van der Waals surface area contributed by atoms with Crippen molar-refractivity contribution in [1.82, 2.24) is 15.6 Å². The van der Waals surface area contributed by atoms with Crippen LogP contribution in [0.25, 0.3) is 5.57 Å². The zero-order chi connectivity index (χ0) is 23.2. The van der Waals surface area contributed by atoms with Gasteiger partial charge in [0.15, 0.2) is 0 Å². The molecule has 0 fully saturated rings. The highest BCUT2D eigenvalue weighted by Crippen LogP contribution is 2.43. The lowest BCUT2D eigenvalue weighted by Crippen LogP contribution is -2.49. The van der Waals surface area contributed by atoms with Crippen LogP contribution in [0.15, 0.2) is 48.2 Å². The van der Waals surface area contributed by atoms with Crippen LogP contribution in [0.3, 0.4) is 0 Å². The second kappa shape index (κ2) is 8.83. The Balaban J connectivity index is 1.79. The third-order valence-electron chi connectivity index (χ3n) is 6.38. The first-order valence-electron chi connectivity index (χ1n) is 10.5. The normalized spacial score (nSPS) is 21.4. The van der Waals surface area contributed by atoms with Gasteiger partial charge in [-0.2, -0.15) is 0 Å². The first-order chi connectivity index (χ1) is 15.2. The van der Waals surface area contributed by atoms with Gasteiger partial charge in [-0.15, -0.1) is 0 Å². The number of rotatable bonds is 5. The number of halogens is 3. The Morgan fingerprint density at radius 1 is 1.16 bits per heavy atom. The van der Waals surface area contributed by atoms with Crippen molar-refractivity contribution in [3.05, 3.63) is 81.5 Å². The average Bonchev–Trinajstić information content (AvgIpc) is 3.03. The lowest BCUT2D eigenvalue weighted by atomic mass is 9.85. The SMILES string of the molecule is CNC(Cc1cc(F)cc(F)c1)C1C(c2ccc(Cl)c3c2N(C)NC3N)=CC=C(C)N1C. The van der Waals surface area contributed by atoms with E-state index in [2.05, 4.69) is 27.8 Å². The number of allylic oxidation sites excluding steroid dienone is 3. The van der Waals surface area contributed by atoms with E-state index in [1.54, 1.807) is 0 Å². The maximum absolute atomic E-state index is 13.8. The molecule has 2 aromatic rings. The summed E-state index contributed by atoms with van der Waals surface area (Å²) >= 11 is 6.48. The molecule has 0 amide bonds. The van der Waals surface area contributed by atoms with Crippen molar-refractivity contribution in [3.63, 3.8) is 0 Å². The summed E-state index contributed by atoms with van der Waals surface area (Å²) in [6.45, 7) is 2.05. The second-order valence-electron chi connectivity index (χ2n) is 8.39. The Kier molecular flexibility index (Phi) is 6.27. The van der Waals surface area contributed by atoms with Gasteiger partial charge < -0.3 is 21.0 Å². The summed E-state index contributed by atoms with van der Waals surface area (Å²) in [5.41, 5.74) is 15.1. The highest BCUT2D eigenvalue weighted by atomic mass is 35.5. The molecule has 0 bridgehead atoms. The maximum atomic E-state index is 13.8. The third kappa shape index (κ3) is 4.01. The fourth-order valence-electron chi connectivity index (χ4n) is 4.76. The molecule has 0 radical (unpaired) electrons. The second-order valence-corrected chi connectivity index (χ2v) is 8.79. The van der Waals surface area contributed by atoms with Gasteiger partial charge in [-0.25, -0.2) is 14.2 Å². The van der Waals surface area contributed by atoms with E-state index < -0.39 is 17.8 Å². The van der Waals surface area contributed by atoms with E-state index in [1.165, 1.54) is 12.1 Å². The number of nitrogens with one attached hydrogen (secondary N) is 2. The van der Waals surface area contributed by atoms with Gasteiger partial charge in [-0.1, -0.05) is 23.7 Å². The quantitative estimate of drug-likeness (QED) is 0.632. The molecular formula is C24H28ClF2N5. The summed E-state index contributed by atoms with van der Waals surface area (Å²) in [6, 6.07) is 7.34. The molecule has 0 saturated carbocycles. The minimum absolute atomic E-state index is 0.0909. The molecule has 4 rings (SSSR count). The van der Waals surface area contributed by atoms with Gasteiger partial charge in [0.1, 0.15) is 17.8 Å². The Bertz CT molecular complexity index is 1080. The smallest absolute Gasteiger partial charge is 0.126 e. The van der Waals surface area contributed by atoms with Crippen molar-refractivity contribution in [2.45, 2.75) is 31.6 Å². The monoisotopic (exact) mass is 459 g/mol. The summed E-state index contributed by atoms with van der Waals surface area (Å²) in [4.78, 5) is 2.19. The molecular weight excluding hydrogens is 432 g/mol. The van der Waals surface area contributed by atoms with Crippen molar-refractivity contribution >= 4 is 22.9 Å². The van der Waals surface area contributed by atoms with Gasteiger partial charge in [0.25, 0.3) is 0 Å². The molecule has 0 saturated heterocycles. The molecule has 3 unspecified atom stereocenters. The van der Waals surface area contributed by atoms with Crippen molar-refractivity contribution in [2.24, 2.45) is 5.73 Å². The van der Waals surface area contributed by atoms with Gasteiger partial charge in [-0.05, 0) is 55.8 Å². The minimum atomic E-state index is -0.573. The molecule has 3 atom stereocenters. The molecule has 170 valence electrons. The molecule has 2 heterocycles. The van der Waals surface area contributed by atoms with Crippen LogP contribution in [0.1, 0.15) is 29.8 Å². The van der Waals surface area contributed by atoms with Crippen molar-refractivity contribution in [3.8, 4) is 0 Å². The Labute approximate surface area is 192 Å². The number of likely N-dealkylation sites (N-methyl/N-ethyl adjacent to an activating group) is 2. The van der Waals surface area contributed by atoms with Crippen LogP contribution in [-0.4, -0.2) is 38.1 Å². The molecule has 2 aromatic carbocycles. The highest BCUT2D eigenvalue weighted by molar-refractivity contribution is 6.32. The van der Waals surface area contributed by atoms with Crippen molar-refractivity contribution in [1.29, 1.82) is 0 Å². The van der Waals surface area contributed by atoms with Crippen LogP contribution < -0.4 is 21.5 Å². The van der Waals surface area contributed by atoms with Crippen LogP contribution in [-0.2, 0) is 6.42 Å². The zero-order valence-electron chi connectivity index (χ0n) is 18.6. The van der Waals surface area contributed by atoms with Gasteiger partial charge in [0, 0.05) is 48.1 Å². The number of nitrogens with zero attached hydrogens (tertiary/aromatic N) is 2. The van der Waals surface area contributed by atoms with Crippen LogP contribution in [0, 0.1) is 11.6 Å². The summed E-state index contributed by atoms with van der Waals surface area (Å²) in [6.07, 6.45) is 4.24. The molecule has 4 N–H and O–H groups in total. The van der Waals surface area contributed by atoms with Gasteiger partial charge in [0.2, 0.25) is 0 Å². The number of hydrogen-bond donors (Lipinski definition) is 3. The van der Waals surface area contributed by atoms with Gasteiger partial charge >= 0.3 is 0 Å². The van der Waals surface area contributed by atoms with E-state index in [0.29, 0.717) is 17.0 Å². The van der Waals surface area contributed by atoms with Crippen molar-refractivity contribution < 1.29 is 8.78 Å². The number of benzene rings is 2. The standard InChI is InChI=1S/C24H28ClF2N5/c1-13-5-6-17(18-7-8-19(25)21-23(18)32(4)30-24(21)28)22(31(13)3)20(29-2)11-14-9-15(26)12-16(27)10-14/h5-10,12,20,22,24,29-30H,11,28H2,1-4H3. The summed E-state index contributed by atoms with van der Waals surface area (Å²) in [7, 11) is 5.82. The molecule has 32 heavy (non-hydrogen) atoms. The largest absolute Gasteiger partial charge is 0.369 e. The Morgan fingerprint density at radius 2 is 1.84 bits per heavy atom. The fraction of sp³-hybridized carbons (Fsp3) is 0.333. The molecule has 0 spiro atoms. The van der Waals surface area contributed by atoms with Crippen LogP contribution in [0.4, 0.5) is 14.5 Å². The third-order valence-corrected chi connectivity index (χ3v) is 6.71. The number of anilines is 1. The minimum Gasteiger partial charge on any atom is -0.369 e. The van der Waals surface area contributed by atoms with Gasteiger partial charge in [-0.3, -0.25) is 0 Å². The highest BCUT2D eigenvalue weighted by Gasteiger charge is 2.36. The predicted octanol–water partition coefficient (Wildman–Crippen LogP) is 3.96. The number of hydrazine groups is 1. The van der Waals surface area contributed by atoms with E-state index in [0.717, 1.165) is 34.2 Å². The first-order valence-corrected chi connectivity index (χ1v) is 10.9. The van der Waals surface area contributed by atoms with Crippen LogP contribution >= 0.6 is 11.6 Å². The Hall–Kier alpha value is -2.45. The van der Waals surface area contributed by atoms with Crippen LogP contribution in [0.2, 0.25) is 5.02 Å². The molecule has 5 nitrogen and oxygen atoms in total. The topological polar surface area (TPSA) is 56.6 Å². The molecule has 0 aromatic heterocycles. The lowest BCUT2D eigenvalue weighted by Gasteiger charge is -2.41. The summed E-state index contributed by atoms with van der Waals surface area (Å²) in [5.74, 6) is -1.15. The van der Waals surface area contributed by atoms with E-state index >= 15 is 0 Å². The van der Waals surface area contributed by atoms with Crippen molar-refractivity contribution in [2.75, 3.05) is 26.2 Å². The molecule has 2 aliphatic rings. The lowest BCUT2D eigenvalue weighted by molar-refractivity contribution is 0.291. The fourth-order valence-corrected chi connectivity index (χ4v) is 5.03. The number of fused-ring (bicyclic) bond motifs is 1. The van der Waals surface area contributed by atoms with E-state index in [1.807, 2.05) is 45.2 Å². The molecule has 2 aliphatic heterocycles. The maximum Gasteiger partial charge on any atom is 0.126 e.